The van der Waals surface area contributed by atoms with Crippen molar-refractivity contribution in [2.45, 2.75) is 61.4 Å². The summed E-state index contributed by atoms with van der Waals surface area (Å²) in [6.45, 7) is 15.5. The molecule has 0 spiro atoms. The highest BCUT2D eigenvalue weighted by molar-refractivity contribution is 6.26. The van der Waals surface area contributed by atoms with Crippen molar-refractivity contribution < 1.29 is 15.0 Å². The fourth-order valence-corrected chi connectivity index (χ4v) is 4.19. The lowest BCUT2D eigenvalue weighted by molar-refractivity contribution is 0.103. The number of hydrogen-bond acceptors (Lipinski definition) is 4. The first kappa shape index (κ1) is 24.5. The molecule has 1 atom stereocenters. The Balaban J connectivity index is 2.77. The van der Waals surface area contributed by atoms with Gasteiger partial charge in [0.2, 0.25) is 0 Å². The number of aryl methyl sites for hydroxylation is 6. The minimum atomic E-state index is -0.351. The zero-order chi connectivity index (χ0) is 23.5. The minimum absolute atomic E-state index is 0.0800. The molecule has 2 aromatic rings. The number of carbonyl (C=O) groups excluding carboxylic acids is 1. The van der Waals surface area contributed by atoms with Gasteiger partial charge in [0.25, 0.3) is 0 Å². The molecule has 31 heavy (non-hydrogen) atoms. The van der Waals surface area contributed by atoms with Crippen LogP contribution in [0.1, 0.15) is 63.1 Å². The first-order valence-corrected chi connectivity index (χ1v) is 10.8. The van der Waals surface area contributed by atoms with E-state index >= 15 is 0 Å². The molecule has 2 N–H and O–H groups in total. The molecule has 0 aromatic heterocycles. The number of carbonyl (C=O) groups is 1. The normalized spacial score (nSPS) is 13.6. The molecule has 0 fully saturated rings. The van der Waals surface area contributed by atoms with Gasteiger partial charge in [-0.05, 0) is 69.7 Å². The van der Waals surface area contributed by atoms with E-state index in [1.807, 2.05) is 79.7 Å². The summed E-state index contributed by atoms with van der Waals surface area (Å²) in [4.78, 5) is 18.2. The van der Waals surface area contributed by atoms with E-state index in [4.69, 9.17) is 0 Å². The van der Waals surface area contributed by atoms with Gasteiger partial charge in [-0.15, -0.1) is 0 Å². The second-order valence-corrected chi connectivity index (χ2v) is 8.91. The van der Waals surface area contributed by atoms with Crippen LogP contribution in [0.2, 0.25) is 0 Å². The topological polar surface area (TPSA) is 69.9 Å². The Kier molecular flexibility index (Phi) is 7.96. The minimum Gasteiger partial charge on any atom is -0.506 e. The molecule has 0 aliphatic heterocycles. The Morgan fingerprint density at radius 2 is 1.29 bits per heavy atom. The predicted octanol–water partition coefficient (Wildman–Crippen LogP) is 5.78. The number of rotatable bonds is 7. The van der Waals surface area contributed by atoms with Gasteiger partial charge in [-0.3, -0.25) is 9.79 Å². The second-order valence-electron chi connectivity index (χ2n) is 8.91. The summed E-state index contributed by atoms with van der Waals surface area (Å²) in [5, 5.41) is 21.0. The van der Waals surface area contributed by atoms with E-state index in [0.29, 0.717) is 11.1 Å². The third kappa shape index (κ3) is 5.50. The molecule has 0 heterocycles. The van der Waals surface area contributed by atoms with E-state index in [0.717, 1.165) is 33.4 Å². The number of Topliss-reactive ketones (excluding diaryl/α,β-unsaturated/α-hetero) is 1. The average molecular weight is 422 g/mol. The highest BCUT2D eigenvalue weighted by Gasteiger charge is 2.23. The maximum atomic E-state index is 13.7. The number of hydrogen-bond donors (Lipinski definition) is 2. The standard InChI is InChI=1S/C27H35NO3/c1-15(2)23(14-29)28-13-22(26(30)24-18(5)9-16(3)10-19(24)6)27(31)25-20(7)11-17(4)12-21(25)8/h9-13,15,23,29-30H,14H2,1-8H3/b26-22+,28-13?/t23-/m1/s1. The summed E-state index contributed by atoms with van der Waals surface area (Å²) < 4.78 is 0. The van der Waals surface area contributed by atoms with Crippen molar-refractivity contribution in [3.63, 3.8) is 0 Å². The molecule has 0 unspecified atom stereocenters. The summed E-state index contributed by atoms with van der Waals surface area (Å²) in [7, 11) is 0. The molecule has 0 saturated heterocycles. The molecule has 2 aromatic carbocycles. The van der Waals surface area contributed by atoms with Crippen LogP contribution in [-0.4, -0.2) is 34.9 Å². The highest BCUT2D eigenvalue weighted by atomic mass is 16.3. The Labute approximate surface area is 186 Å². The monoisotopic (exact) mass is 421 g/mol. The van der Waals surface area contributed by atoms with Crippen molar-refractivity contribution in [2.75, 3.05) is 6.61 Å². The average Bonchev–Trinajstić information content (AvgIpc) is 2.63. The Morgan fingerprint density at radius 1 is 0.871 bits per heavy atom. The van der Waals surface area contributed by atoms with Crippen LogP contribution >= 0.6 is 0 Å². The van der Waals surface area contributed by atoms with E-state index in [-0.39, 0.29) is 35.7 Å². The van der Waals surface area contributed by atoms with Crippen LogP contribution in [0, 0.1) is 47.5 Å². The number of ketones is 1. The molecule has 2 rings (SSSR count). The van der Waals surface area contributed by atoms with E-state index in [2.05, 4.69) is 4.99 Å². The zero-order valence-corrected chi connectivity index (χ0v) is 20.0. The van der Waals surface area contributed by atoms with Crippen molar-refractivity contribution in [3.05, 3.63) is 74.3 Å². The van der Waals surface area contributed by atoms with Gasteiger partial charge < -0.3 is 10.2 Å². The van der Waals surface area contributed by atoms with Crippen LogP contribution < -0.4 is 0 Å². The van der Waals surface area contributed by atoms with Crippen molar-refractivity contribution in [3.8, 4) is 0 Å². The van der Waals surface area contributed by atoms with Gasteiger partial charge in [0.05, 0.1) is 18.2 Å². The quantitative estimate of drug-likeness (QED) is 0.258. The third-order valence-electron chi connectivity index (χ3n) is 5.67. The summed E-state index contributed by atoms with van der Waals surface area (Å²) >= 11 is 0. The summed E-state index contributed by atoms with van der Waals surface area (Å²) in [6, 6.07) is 7.57. The number of nitrogens with zero attached hydrogens (tertiary/aromatic N) is 1. The fourth-order valence-electron chi connectivity index (χ4n) is 4.19. The molecule has 166 valence electrons. The molecule has 0 saturated carbocycles. The molecular formula is C27H35NO3. The van der Waals surface area contributed by atoms with Crippen LogP contribution in [0.15, 0.2) is 34.8 Å². The molecule has 0 aliphatic carbocycles. The summed E-state index contributed by atoms with van der Waals surface area (Å²) in [5.41, 5.74) is 7.06. The highest BCUT2D eigenvalue weighted by Crippen LogP contribution is 2.28. The van der Waals surface area contributed by atoms with Crippen LogP contribution in [0.5, 0.6) is 0 Å². The molecule has 0 bridgehead atoms. The third-order valence-corrected chi connectivity index (χ3v) is 5.67. The van der Waals surface area contributed by atoms with E-state index in [9.17, 15) is 15.0 Å². The smallest absolute Gasteiger partial charge is 0.198 e. The van der Waals surface area contributed by atoms with Crippen LogP contribution in [0.3, 0.4) is 0 Å². The van der Waals surface area contributed by atoms with Gasteiger partial charge >= 0.3 is 0 Å². The maximum absolute atomic E-state index is 13.7. The van der Waals surface area contributed by atoms with Gasteiger partial charge in [0.15, 0.2) is 5.78 Å². The number of aliphatic imine (C=N–C) groups is 1. The van der Waals surface area contributed by atoms with E-state index in [1.165, 1.54) is 6.21 Å². The molecule has 4 heteroatoms. The summed E-state index contributed by atoms with van der Waals surface area (Å²) in [6.07, 6.45) is 1.44. The Morgan fingerprint density at radius 3 is 1.68 bits per heavy atom. The molecular weight excluding hydrogens is 386 g/mol. The Bertz CT molecular complexity index is 998. The molecule has 4 nitrogen and oxygen atoms in total. The maximum Gasteiger partial charge on any atom is 0.198 e. The van der Waals surface area contributed by atoms with Crippen molar-refractivity contribution in [2.24, 2.45) is 10.9 Å². The lowest BCUT2D eigenvalue weighted by Crippen LogP contribution is -2.19. The number of benzene rings is 2. The SMILES string of the molecule is Cc1cc(C)c(C(=O)/C(C=N[C@H](CO)C(C)C)=C(/O)c2c(C)cc(C)cc2C)c(C)c1. The predicted molar refractivity (Wildman–Crippen MR) is 129 cm³/mol. The van der Waals surface area contributed by atoms with Crippen molar-refractivity contribution in [1.82, 2.24) is 0 Å². The lowest BCUT2D eigenvalue weighted by Gasteiger charge is -2.17. The number of aliphatic hydroxyl groups excluding tert-OH is 2. The second kappa shape index (κ2) is 10.1. The molecule has 0 aliphatic rings. The number of allylic oxidation sites excluding steroid dienone is 1. The fraction of sp³-hybridized carbons (Fsp3) is 0.407. The van der Waals surface area contributed by atoms with Crippen LogP contribution in [-0.2, 0) is 0 Å². The van der Waals surface area contributed by atoms with Crippen LogP contribution in [0.4, 0.5) is 0 Å². The lowest BCUT2D eigenvalue weighted by atomic mass is 9.90. The summed E-state index contributed by atoms with van der Waals surface area (Å²) in [5.74, 6) is -0.245. The van der Waals surface area contributed by atoms with Gasteiger partial charge in [-0.2, -0.15) is 0 Å². The van der Waals surface area contributed by atoms with Crippen molar-refractivity contribution >= 4 is 17.8 Å². The van der Waals surface area contributed by atoms with E-state index in [1.54, 1.807) is 0 Å². The first-order chi connectivity index (χ1) is 14.5. The molecule has 0 amide bonds. The number of aliphatic hydroxyl groups is 2. The van der Waals surface area contributed by atoms with Gasteiger partial charge in [-0.25, -0.2) is 0 Å². The van der Waals surface area contributed by atoms with Crippen molar-refractivity contribution in [1.29, 1.82) is 0 Å². The first-order valence-electron chi connectivity index (χ1n) is 10.8. The zero-order valence-electron chi connectivity index (χ0n) is 20.0. The Hall–Kier alpha value is -2.72. The largest absolute Gasteiger partial charge is 0.506 e. The van der Waals surface area contributed by atoms with E-state index < -0.39 is 0 Å². The van der Waals surface area contributed by atoms with Gasteiger partial charge in [0.1, 0.15) is 5.76 Å². The van der Waals surface area contributed by atoms with Crippen LogP contribution in [0.25, 0.3) is 5.76 Å². The van der Waals surface area contributed by atoms with Gasteiger partial charge in [0, 0.05) is 17.3 Å². The molecule has 0 radical (unpaired) electrons. The van der Waals surface area contributed by atoms with Gasteiger partial charge in [-0.1, -0.05) is 49.2 Å².